The van der Waals surface area contributed by atoms with Crippen LogP contribution in [0.3, 0.4) is 0 Å². The molecule has 33 heavy (non-hydrogen) atoms. The molecule has 6 nitrogen and oxygen atoms in total. The molecule has 1 aromatic heterocycles. The molecule has 4 rings (SSSR count). The van der Waals surface area contributed by atoms with Crippen LogP contribution in [0.15, 0.2) is 29.6 Å². The van der Waals surface area contributed by atoms with Gasteiger partial charge >= 0.3 is 6.18 Å². The Morgan fingerprint density at radius 1 is 1.06 bits per heavy atom. The fourth-order valence-electron chi connectivity index (χ4n) is 4.19. The highest BCUT2D eigenvalue weighted by Crippen LogP contribution is 2.37. The Labute approximate surface area is 195 Å². The Morgan fingerprint density at radius 2 is 1.82 bits per heavy atom. The number of carbonyl (C=O) groups is 2. The molecule has 1 N–H and O–H groups in total. The van der Waals surface area contributed by atoms with Gasteiger partial charge in [0.15, 0.2) is 0 Å². The van der Waals surface area contributed by atoms with Gasteiger partial charge in [-0.2, -0.15) is 13.2 Å². The minimum atomic E-state index is -4.60. The van der Waals surface area contributed by atoms with Gasteiger partial charge in [-0.25, -0.2) is 0 Å². The van der Waals surface area contributed by atoms with Gasteiger partial charge in [0.25, 0.3) is 0 Å². The fourth-order valence-corrected chi connectivity index (χ4v) is 5.08. The number of hydrogen-bond acceptors (Lipinski definition) is 5. The fraction of sp³-hybridized carbons (Fsp3) is 0.478. The summed E-state index contributed by atoms with van der Waals surface area (Å²) < 4.78 is 41.2. The predicted octanol–water partition coefficient (Wildman–Crippen LogP) is 3.82. The molecular formula is C23H27F3N4O2S. The first-order valence-corrected chi connectivity index (χ1v) is 11.9. The molecular weight excluding hydrogens is 453 g/mol. The Hall–Kier alpha value is -2.59. The molecule has 2 aliphatic heterocycles. The molecule has 0 atom stereocenters. The van der Waals surface area contributed by atoms with E-state index in [2.05, 4.69) is 10.2 Å². The molecule has 0 aliphatic carbocycles. The summed E-state index contributed by atoms with van der Waals surface area (Å²) in [4.78, 5) is 31.9. The van der Waals surface area contributed by atoms with Crippen LogP contribution in [0.4, 0.5) is 24.5 Å². The number of anilines is 2. The number of likely N-dealkylation sites (N-methyl/N-ethyl adjacent to an activating group) is 1. The molecule has 178 valence electrons. The molecule has 0 unspecified atom stereocenters. The maximum Gasteiger partial charge on any atom is 0.418 e. The van der Waals surface area contributed by atoms with Gasteiger partial charge in [0.1, 0.15) is 0 Å². The second-order valence-corrected chi connectivity index (χ2v) is 9.50. The van der Waals surface area contributed by atoms with Crippen LogP contribution in [-0.4, -0.2) is 61.4 Å². The van der Waals surface area contributed by atoms with E-state index in [4.69, 9.17) is 0 Å². The molecule has 2 aliphatic rings. The van der Waals surface area contributed by atoms with Gasteiger partial charge in [-0.15, -0.1) is 11.3 Å². The highest BCUT2D eigenvalue weighted by Gasteiger charge is 2.35. The third-order valence-electron chi connectivity index (χ3n) is 6.18. The van der Waals surface area contributed by atoms with Crippen LogP contribution in [0.5, 0.6) is 0 Å². The van der Waals surface area contributed by atoms with Crippen molar-refractivity contribution in [1.29, 1.82) is 0 Å². The zero-order valence-electron chi connectivity index (χ0n) is 18.5. The van der Waals surface area contributed by atoms with Crippen molar-refractivity contribution in [1.82, 2.24) is 9.80 Å². The van der Waals surface area contributed by atoms with Gasteiger partial charge in [0.2, 0.25) is 11.8 Å². The highest BCUT2D eigenvalue weighted by molar-refractivity contribution is 7.10. The number of thiophene rings is 1. The Bertz CT molecular complexity index is 1020. The number of hydrogen-bond donors (Lipinski definition) is 1. The quantitative estimate of drug-likeness (QED) is 0.707. The number of piperazine rings is 1. The zero-order chi connectivity index (χ0) is 23.6. The first kappa shape index (κ1) is 23.6. The lowest BCUT2D eigenvalue weighted by atomic mass is 10.1. The van der Waals surface area contributed by atoms with Gasteiger partial charge in [0, 0.05) is 62.7 Å². The molecule has 0 spiro atoms. The van der Waals surface area contributed by atoms with Crippen LogP contribution in [0.2, 0.25) is 0 Å². The Kier molecular flexibility index (Phi) is 6.94. The van der Waals surface area contributed by atoms with Crippen molar-refractivity contribution < 1.29 is 22.8 Å². The maximum absolute atomic E-state index is 13.7. The minimum Gasteiger partial charge on any atom is -0.369 e. The molecule has 2 aromatic rings. The Morgan fingerprint density at radius 3 is 2.55 bits per heavy atom. The van der Waals surface area contributed by atoms with E-state index in [9.17, 15) is 22.8 Å². The van der Waals surface area contributed by atoms with Gasteiger partial charge in [-0.3, -0.25) is 9.59 Å². The zero-order valence-corrected chi connectivity index (χ0v) is 19.3. The monoisotopic (exact) mass is 480 g/mol. The van der Waals surface area contributed by atoms with Gasteiger partial charge in [-0.1, -0.05) is 0 Å². The highest BCUT2D eigenvalue weighted by atomic mass is 32.1. The van der Waals surface area contributed by atoms with E-state index >= 15 is 0 Å². The largest absolute Gasteiger partial charge is 0.418 e. The average molecular weight is 481 g/mol. The molecule has 1 fully saturated rings. The second-order valence-electron chi connectivity index (χ2n) is 8.50. The molecule has 10 heteroatoms. The summed E-state index contributed by atoms with van der Waals surface area (Å²) in [7, 11) is 1.98. The minimum absolute atomic E-state index is 0.0357. The number of halogens is 3. The molecule has 0 radical (unpaired) electrons. The van der Waals surface area contributed by atoms with Crippen molar-refractivity contribution in [2.45, 2.75) is 32.0 Å². The van der Waals surface area contributed by atoms with Crippen LogP contribution in [0.25, 0.3) is 0 Å². The van der Waals surface area contributed by atoms with Crippen molar-refractivity contribution >= 4 is 34.5 Å². The van der Waals surface area contributed by atoms with E-state index < -0.39 is 17.6 Å². The summed E-state index contributed by atoms with van der Waals surface area (Å²) in [5.74, 6) is -0.766. The van der Waals surface area contributed by atoms with E-state index in [-0.39, 0.29) is 24.4 Å². The van der Waals surface area contributed by atoms with Crippen LogP contribution >= 0.6 is 11.3 Å². The topological polar surface area (TPSA) is 55.9 Å². The normalized spacial score (nSPS) is 17.1. The SMILES string of the molecule is CN1CCN(c2ccc(NC(=O)CCC(=O)N3CCc4sccc4C3)c(C(F)(F)F)c2)CC1. The van der Waals surface area contributed by atoms with Crippen molar-refractivity contribution in [3.8, 4) is 0 Å². The standard InChI is InChI=1S/C23H27F3N4O2S/c1-28-9-11-29(12-10-28)17-2-3-19(18(14-17)23(24,25)26)27-21(31)4-5-22(32)30-8-6-20-16(15-30)7-13-33-20/h2-3,7,13-14H,4-6,8-12,15H2,1H3,(H,27,31). The number of fused-ring (bicyclic) bond motifs is 1. The number of rotatable bonds is 5. The molecule has 2 amide bonds. The van der Waals surface area contributed by atoms with E-state index in [0.717, 1.165) is 31.1 Å². The van der Waals surface area contributed by atoms with Crippen LogP contribution in [-0.2, 0) is 28.7 Å². The van der Waals surface area contributed by atoms with E-state index in [0.29, 0.717) is 31.9 Å². The molecule has 1 aromatic carbocycles. The summed E-state index contributed by atoms with van der Waals surface area (Å²) in [6.45, 7) is 3.96. The average Bonchev–Trinajstić information content (AvgIpc) is 3.25. The number of nitrogens with one attached hydrogen (secondary N) is 1. The summed E-state index contributed by atoms with van der Waals surface area (Å²) in [6.07, 6.45) is -4.01. The van der Waals surface area contributed by atoms with Crippen molar-refractivity contribution in [3.63, 3.8) is 0 Å². The lowest BCUT2D eigenvalue weighted by Crippen LogP contribution is -2.44. The molecule has 3 heterocycles. The summed E-state index contributed by atoms with van der Waals surface area (Å²) in [6, 6.07) is 6.00. The molecule has 0 saturated carbocycles. The van der Waals surface area contributed by atoms with E-state index in [1.54, 1.807) is 22.3 Å². The predicted molar refractivity (Wildman–Crippen MR) is 122 cm³/mol. The lowest BCUT2D eigenvalue weighted by molar-refractivity contribution is -0.137. The van der Waals surface area contributed by atoms with Crippen molar-refractivity contribution in [3.05, 3.63) is 45.6 Å². The van der Waals surface area contributed by atoms with Crippen LogP contribution < -0.4 is 10.2 Å². The summed E-state index contributed by atoms with van der Waals surface area (Å²) in [5, 5.41) is 4.37. The van der Waals surface area contributed by atoms with Gasteiger partial charge in [0.05, 0.1) is 11.3 Å². The van der Waals surface area contributed by atoms with Crippen molar-refractivity contribution in [2.75, 3.05) is 50.0 Å². The maximum atomic E-state index is 13.7. The molecule has 1 saturated heterocycles. The number of benzene rings is 1. The first-order valence-electron chi connectivity index (χ1n) is 11.0. The van der Waals surface area contributed by atoms with Crippen LogP contribution in [0.1, 0.15) is 28.8 Å². The lowest BCUT2D eigenvalue weighted by Gasteiger charge is -2.34. The first-order chi connectivity index (χ1) is 15.7. The van der Waals surface area contributed by atoms with Crippen molar-refractivity contribution in [2.24, 2.45) is 0 Å². The van der Waals surface area contributed by atoms with Gasteiger partial charge < -0.3 is 20.0 Å². The third-order valence-corrected chi connectivity index (χ3v) is 7.20. The van der Waals surface area contributed by atoms with E-state index in [1.165, 1.54) is 10.9 Å². The summed E-state index contributed by atoms with van der Waals surface area (Å²) in [5.41, 5.74) is 0.458. The van der Waals surface area contributed by atoms with E-state index in [1.807, 2.05) is 23.4 Å². The third kappa shape index (κ3) is 5.67. The van der Waals surface area contributed by atoms with Crippen LogP contribution in [0, 0.1) is 0 Å². The second kappa shape index (κ2) is 9.72. The number of amides is 2. The number of carbonyl (C=O) groups excluding carboxylic acids is 2. The van der Waals surface area contributed by atoms with Gasteiger partial charge in [-0.05, 0) is 48.7 Å². The number of alkyl halides is 3. The number of nitrogens with zero attached hydrogens (tertiary/aromatic N) is 3. The Balaban J connectivity index is 1.37. The summed E-state index contributed by atoms with van der Waals surface area (Å²) >= 11 is 1.67. The molecule has 0 bridgehead atoms. The smallest absolute Gasteiger partial charge is 0.369 e.